The van der Waals surface area contributed by atoms with Crippen LogP contribution in [-0.2, 0) is 20.1 Å². The van der Waals surface area contributed by atoms with Gasteiger partial charge in [-0.1, -0.05) is 30.3 Å². The van der Waals surface area contributed by atoms with Crippen LogP contribution in [0.1, 0.15) is 21.6 Å². The van der Waals surface area contributed by atoms with Gasteiger partial charge in [-0.3, -0.25) is 4.79 Å². The Bertz CT molecular complexity index is 1090. The van der Waals surface area contributed by atoms with Crippen LogP contribution in [0, 0.1) is 0 Å². The standard InChI is InChI=1S/C21H18ClN3O2/c1-24-11-5-8-17(24)14-25(13-15-6-3-2-4-7-15)20(26)16-9-10-18-19(12-16)27-21(22)23-18/h2-12H,13-14H2,1H3. The number of amides is 1. The molecule has 4 rings (SSSR count). The third-order valence-corrected chi connectivity index (χ3v) is 4.68. The first-order valence-electron chi connectivity index (χ1n) is 8.59. The summed E-state index contributed by atoms with van der Waals surface area (Å²) in [6, 6.07) is 19.1. The minimum atomic E-state index is -0.0746. The zero-order valence-corrected chi connectivity index (χ0v) is 15.6. The minimum Gasteiger partial charge on any atom is -0.428 e. The highest BCUT2D eigenvalue weighted by Gasteiger charge is 2.19. The van der Waals surface area contributed by atoms with E-state index in [9.17, 15) is 4.79 Å². The Balaban J connectivity index is 1.66. The van der Waals surface area contributed by atoms with E-state index in [-0.39, 0.29) is 11.3 Å². The zero-order chi connectivity index (χ0) is 18.8. The molecule has 2 aromatic heterocycles. The quantitative estimate of drug-likeness (QED) is 0.506. The molecule has 0 saturated carbocycles. The fraction of sp³-hybridized carbons (Fsp3) is 0.143. The Labute approximate surface area is 161 Å². The summed E-state index contributed by atoms with van der Waals surface area (Å²) in [4.78, 5) is 19.2. The van der Waals surface area contributed by atoms with Crippen molar-refractivity contribution in [2.75, 3.05) is 0 Å². The average Bonchev–Trinajstić information content (AvgIpc) is 3.25. The molecule has 0 bridgehead atoms. The molecule has 0 N–H and O–H groups in total. The minimum absolute atomic E-state index is 0.0690. The second kappa shape index (κ2) is 7.29. The summed E-state index contributed by atoms with van der Waals surface area (Å²) in [5, 5.41) is 0.0690. The Morgan fingerprint density at radius 2 is 1.93 bits per heavy atom. The van der Waals surface area contributed by atoms with Crippen molar-refractivity contribution in [2.24, 2.45) is 7.05 Å². The predicted octanol–water partition coefficient (Wildman–Crippen LogP) is 4.66. The second-order valence-corrected chi connectivity index (χ2v) is 6.73. The molecular weight excluding hydrogens is 362 g/mol. The van der Waals surface area contributed by atoms with Crippen molar-refractivity contribution in [1.29, 1.82) is 0 Å². The third kappa shape index (κ3) is 3.73. The highest BCUT2D eigenvalue weighted by atomic mass is 35.5. The van der Waals surface area contributed by atoms with Crippen LogP contribution in [0.3, 0.4) is 0 Å². The summed E-state index contributed by atoms with van der Waals surface area (Å²) in [5.41, 5.74) is 3.81. The molecule has 0 aliphatic rings. The molecule has 0 fully saturated rings. The predicted molar refractivity (Wildman–Crippen MR) is 104 cm³/mol. The van der Waals surface area contributed by atoms with Crippen LogP contribution in [-0.4, -0.2) is 20.4 Å². The molecule has 0 saturated heterocycles. The molecule has 0 unspecified atom stereocenters. The summed E-state index contributed by atoms with van der Waals surface area (Å²) in [6.45, 7) is 1.02. The van der Waals surface area contributed by atoms with Crippen LogP contribution in [0.2, 0.25) is 5.35 Å². The highest BCUT2D eigenvalue weighted by Crippen LogP contribution is 2.22. The number of nitrogens with zero attached hydrogens (tertiary/aromatic N) is 3. The maximum absolute atomic E-state index is 13.3. The van der Waals surface area contributed by atoms with Crippen LogP contribution in [0.4, 0.5) is 0 Å². The molecule has 0 spiro atoms. The second-order valence-electron chi connectivity index (χ2n) is 6.41. The number of aryl methyl sites for hydroxylation is 1. The Morgan fingerprint density at radius 1 is 1.11 bits per heavy atom. The van der Waals surface area contributed by atoms with Crippen LogP contribution < -0.4 is 0 Å². The van der Waals surface area contributed by atoms with Crippen LogP contribution in [0.5, 0.6) is 0 Å². The monoisotopic (exact) mass is 379 g/mol. The van der Waals surface area contributed by atoms with Crippen LogP contribution >= 0.6 is 11.6 Å². The van der Waals surface area contributed by atoms with Gasteiger partial charge in [-0.05, 0) is 47.5 Å². The van der Waals surface area contributed by atoms with E-state index < -0.39 is 0 Å². The average molecular weight is 380 g/mol. The summed E-state index contributed by atoms with van der Waals surface area (Å²) < 4.78 is 7.38. The van der Waals surface area contributed by atoms with Crippen LogP contribution in [0.25, 0.3) is 11.1 Å². The van der Waals surface area contributed by atoms with E-state index in [0.717, 1.165) is 11.3 Å². The molecule has 4 aromatic rings. The largest absolute Gasteiger partial charge is 0.428 e. The molecule has 5 nitrogen and oxygen atoms in total. The number of rotatable bonds is 5. The first-order valence-corrected chi connectivity index (χ1v) is 8.97. The number of fused-ring (bicyclic) bond motifs is 1. The number of oxazole rings is 1. The molecule has 0 radical (unpaired) electrons. The third-order valence-electron chi connectivity index (χ3n) is 4.52. The maximum Gasteiger partial charge on any atom is 0.293 e. The molecule has 136 valence electrons. The fourth-order valence-corrected chi connectivity index (χ4v) is 3.25. The smallest absolute Gasteiger partial charge is 0.293 e. The first-order chi connectivity index (χ1) is 13.1. The van der Waals surface area contributed by atoms with Crippen LogP contribution in [0.15, 0.2) is 71.3 Å². The lowest BCUT2D eigenvalue weighted by Gasteiger charge is -2.23. The summed E-state index contributed by atoms with van der Waals surface area (Å²) in [5.74, 6) is -0.0746. The number of halogens is 1. The van der Waals surface area contributed by atoms with Gasteiger partial charge >= 0.3 is 0 Å². The molecule has 2 heterocycles. The Morgan fingerprint density at radius 3 is 2.67 bits per heavy atom. The maximum atomic E-state index is 13.3. The van der Waals surface area contributed by atoms with Gasteiger partial charge in [0.2, 0.25) is 0 Å². The van der Waals surface area contributed by atoms with Crippen molar-refractivity contribution in [3.05, 3.63) is 89.0 Å². The molecule has 1 amide bonds. The number of hydrogen-bond acceptors (Lipinski definition) is 3. The van der Waals surface area contributed by atoms with E-state index in [1.807, 2.05) is 65.2 Å². The van der Waals surface area contributed by atoms with Gasteiger partial charge in [-0.25, -0.2) is 0 Å². The van der Waals surface area contributed by atoms with E-state index in [1.165, 1.54) is 0 Å². The molecule has 0 aliphatic heterocycles. The van der Waals surface area contributed by atoms with Crippen molar-refractivity contribution in [2.45, 2.75) is 13.1 Å². The fourth-order valence-electron chi connectivity index (χ4n) is 3.07. The molecule has 2 aromatic carbocycles. The van der Waals surface area contributed by atoms with Gasteiger partial charge in [0.25, 0.3) is 11.3 Å². The van der Waals surface area contributed by atoms with E-state index in [2.05, 4.69) is 4.98 Å². The lowest BCUT2D eigenvalue weighted by atomic mass is 10.1. The van der Waals surface area contributed by atoms with Gasteiger partial charge in [0.1, 0.15) is 5.52 Å². The van der Waals surface area contributed by atoms with Gasteiger partial charge < -0.3 is 13.9 Å². The first kappa shape index (κ1) is 17.4. The van der Waals surface area contributed by atoms with E-state index in [1.54, 1.807) is 18.2 Å². The zero-order valence-electron chi connectivity index (χ0n) is 14.8. The van der Waals surface area contributed by atoms with Crippen molar-refractivity contribution in [3.63, 3.8) is 0 Å². The molecule has 27 heavy (non-hydrogen) atoms. The molecule has 0 atom stereocenters. The molecule has 6 heteroatoms. The normalized spacial score (nSPS) is 11.0. The van der Waals surface area contributed by atoms with Crippen molar-refractivity contribution >= 4 is 28.6 Å². The van der Waals surface area contributed by atoms with Gasteiger partial charge in [-0.2, -0.15) is 4.98 Å². The molecule has 0 aliphatic carbocycles. The van der Waals surface area contributed by atoms with Crippen molar-refractivity contribution < 1.29 is 9.21 Å². The summed E-state index contributed by atoms with van der Waals surface area (Å²) in [7, 11) is 1.98. The van der Waals surface area contributed by atoms with E-state index in [4.69, 9.17) is 16.0 Å². The van der Waals surface area contributed by atoms with Gasteiger partial charge in [0, 0.05) is 31.0 Å². The molecular formula is C21H18ClN3O2. The SMILES string of the molecule is Cn1cccc1CN(Cc1ccccc1)C(=O)c1ccc2nc(Cl)oc2c1. The topological polar surface area (TPSA) is 51.3 Å². The van der Waals surface area contributed by atoms with Gasteiger partial charge in [0.05, 0.1) is 6.54 Å². The number of benzene rings is 2. The summed E-state index contributed by atoms with van der Waals surface area (Å²) in [6.07, 6.45) is 1.98. The number of carbonyl (C=O) groups is 1. The lowest BCUT2D eigenvalue weighted by molar-refractivity contribution is 0.0726. The Kier molecular flexibility index (Phi) is 4.69. The highest BCUT2D eigenvalue weighted by molar-refractivity contribution is 6.28. The van der Waals surface area contributed by atoms with E-state index in [0.29, 0.717) is 29.8 Å². The van der Waals surface area contributed by atoms with Gasteiger partial charge in [-0.15, -0.1) is 0 Å². The van der Waals surface area contributed by atoms with E-state index >= 15 is 0 Å². The van der Waals surface area contributed by atoms with Crippen molar-refractivity contribution in [1.82, 2.24) is 14.5 Å². The number of aromatic nitrogens is 2. The van der Waals surface area contributed by atoms with Gasteiger partial charge in [0.15, 0.2) is 5.58 Å². The van der Waals surface area contributed by atoms with Crippen molar-refractivity contribution in [3.8, 4) is 0 Å². The number of carbonyl (C=O) groups excluding carboxylic acids is 1. The number of hydrogen-bond donors (Lipinski definition) is 0. The summed E-state index contributed by atoms with van der Waals surface area (Å²) >= 11 is 5.82. The lowest BCUT2D eigenvalue weighted by Crippen LogP contribution is -2.30. The Hall–Kier alpha value is -3.05.